The second-order valence-corrected chi connectivity index (χ2v) is 13.3. The molecule has 1 aliphatic heterocycles. The molecule has 244 valence electrons. The molecule has 1 aliphatic carbocycles. The number of aromatic nitrogens is 4. The number of ether oxygens (including phenoxy) is 1. The van der Waals surface area contributed by atoms with Crippen LogP contribution in [0.1, 0.15) is 56.7 Å². The quantitative estimate of drug-likeness (QED) is 0.192. The molecule has 4 heterocycles. The van der Waals surface area contributed by atoms with Crippen LogP contribution in [0.4, 0.5) is 24.5 Å². The maximum absolute atomic E-state index is 14.1. The van der Waals surface area contributed by atoms with Gasteiger partial charge in [0.25, 0.3) is 0 Å². The highest BCUT2D eigenvalue weighted by molar-refractivity contribution is 5.91. The minimum atomic E-state index is -4.52. The maximum atomic E-state index is 14.1. The van der Waals surface area contributed by atoms with E-state index in [2.05, 4.69) is 33.6 Å². The van der Waals surface area contributed by atoms with E-state index in [0.29, 0.717) is 74.6 Å². The lowest BCUT2D eigenvalue weighted by Crippen LogP contribution is -2.36. The van der Waals surface area contributed by atoms with Crippen LogP contribution in [0, 0.1) is 11.3 Å². The number of rotatable bonds is 10. The molecule has 0 bridgehead atoms. The lowest BCUT2D eigenvalue weighted by molar-refractivity contribution is -0.142. The van der Waals surface area contributed by atoms with Gasteiger partial charge < -0.3 is 24.6 Å². The molecule has 0 radical (unpaired) electrons. The lowest BCUT2D eigenvalue weighted by Gasteiger charge is -2.32. The molecular weight excluding hydrogens is 597 g/mol. The van der Waals surface area contributed by atoms with E-state index in [-0.39, 0.29) is 28.5 Å². The number of pyridine rings is 2. The van der Waals surface area contributed by atoms with Crippen molar-refractivity contribution in [3.05, 3.63) is 53.9 Å². The van der Waals surface area contributed by atoms with E-state index in [9.17, 15) is 23.1 Å². The number of H-pyrrole nitrogens is 1. The number of methoxy groups -OCH3 is 1. The molecule has 0 unspecified atom stereocenters. The number of benzene rings is 1. The molecule has 46 heavy (non-hydrogen) atoms. The van der Waals surface area contributed by atoms with Crippen LogP contribution in [0.2, 0.25) is 0 Å². The first-order valence-electron chi connectivity index (χ1n) is 15.6. The van der Waals surface area contributed by atoms with Gasteiger partial charge in [-0.05, 0) is 62.1 Å². The summed E-state index contributed by atoms with van der Waals surface area (Å²) in [5, 5.41) is 9.32. The zero-order chi connectivity index (χ0) is 32.8. The van der Waals surface area contributed by atoms with Crippen LogP contribution in [0.3, 0.4) is 0 Å². The number of carboxylic acids is 1. The smallest absolute Gasteiger partial charge is 0.418 e. The highest BCUT2D eigenvalue weighted by Crippen LogP contribution is 2.46. The van der Waals surface area contributed by atoms with Gasteiger partial charge in [-0.3, -0.25) is 9.78 Å². The van der Waals surface area contributed by atoms with Gasteiger partial charge in [-0.1, -0.05) is 13.8 Å². The topological polar surface area (TPSA) is 107 Å². The second-order valence-electron chi connectivity index (χ2n) is 13.3. The summed E-state index contributed by atoms with van der Waals surface area (Å²) in [4.78, 5) is 32.8. The molecule has 3 aromatic heterocycles. The van der Waals surface area contributed by atoms with Gasteiger partial charge in [0.1, 0.15) is 11.3 Å². The van der Waals surface area contributed by atoms with Gasteiger partial charge in [0.15, 0.2) is 5.65 Å². The molecule has 0 atom stereocenters. The predicted molar refractivity (Wildman–Crippen MR) is 171 cm³/mol. The van der Waals surface area contributed by atoms with E-state index in [1.165, 1.54) is 12.3 Å². The SMILES string of the molecule is COCC(C)(C)CN(C)c1cc(-c2cnc(C3CC3)c(C(F)(F)F)c2)nc2nc(-c3ccc(N4CCC(C(=O)O)CC4)cc3)[nH]c12. The summed E-state index contributed by atoms with van der Waals surface area (Å²) < 4.78 is 47.8. The number of carbonyl (C=O) groups is 1. The monoisotopic (exact) mass is 636 g/mol. The minimum absolute atomic E-state index is 0.104. The molecule has 9 nitrogen and oxygen atoms in total. The van der Waals surface area contributed by atoms with Gasteiger partial charge in [0.05, 0.1) is 35.2 Å². The number of nitrogens with zero attached hydrogens (tertiary/aromatic N) is 5. The Hall–Kier alpha value is -4.19. The van der Waals surface area contributed by atoms with E-state index in [0.717, 1.165) is 16.9 Å². The van der Waals surface area contributed by atoms with Crippen molar-refractivity contribution in [2.75, 3.05) is 50.2 Å². The Kier molecular flexibility index (Phi) is 8.43. The van der Waals surface area contributed by atoms with E-state index in [4.69, 9.17) is 14.7 Å². The average Bonchev–Trinajstić information content (AvgIpc) is 3.77. The number of fused-ring (bicyclic) bond motifs is 1. The molecule has 2 fully saturated rings. The minimum Gasteiger partial charge on any atom is -0.481 e. The van der Waals surface area contributed by atoms with Crippen LogP contribution >= 0.6 is 0 Å². The molecule has 6 rings (SSSR count). The van der Waals surface area contributed by atoms with Crippen molar-refractivity contribution in [1.29, 1.82) is 0 Å². The third kappa shape index (κ3) is 6.67. The first-order chi connectivity index (χ1) is 21.8. The number of halogens is 3. The number of nitrogens with one attached hydrogen (secondary N) is 1. The van der Waals surface area contributed by atoms with Gasteiger partial charge in [0.2, 0.25) is 0 Å². The lowest BCUT2D eigenvalue weighted by atomic mass is 9.94. The van der Waals surface area contributed by atoms with Crippen molar-refractivity contribution in [2.45, 2.75) is 51.6 Å². The Balaban J connectivity index is 1.37. The normalized spacial score (nSPS) is 16.3. The number of imidazole rings is 1. The number of hydrogen-bond donors (Lipinski definition) is 2. The number of aromatic amines is 1. The zero-order valence-corrected chi connectivity index (χ0v) is 26.5. The Morgan fingerprint density at radius 1 is 1.07 bits per heavy atom. The van der Waals surface area contributed by atoms with E-state index < -0.39 is 17.7 Å². The maximum Gasteiger partial charge on any atom is 0.418 e. The van der Waals surface area contributed by atoms with Crippen LogP contribution in [0.15, 0.2) is 42.6 Å². The summed E-state index contributed by atoms with van der Waals surface area (Å²) in [7, 11) is 3.60. The molecule has 4 aromatic rings. The third-order valence-corrected chi connectivity index (χ3v) is 8.89. The standard InChI is InChI=1S/C34H39F3N6O3/c1-33(2,19-46-4)18-42(3)27-16-26(23-15-25(34(35,36)37)28(38-17-23)20-5-6-20)39-31-29(27)40-30(41-31)21-7-9-24(10-8-21)43-13-11-22(12-14-43)32(44)45/h7-10,15-17,20,22H,5-6,11-14,18-19H2,1-4H3,(H,44,45)(H,39,40,41). The highest BCUT2D eigenvalue weighted by atomic mass is 19.4. The van der Waals surface area contributed by atoms with Crippen LogP contribution in [0.25, 0.3) is 33.8 Å². The molecule has 12 heteroatoms. The molecule has 1 aromatic carbocycles. The molecule has 1 saturated carbocycles. The number of alkyl halides is 3. The van der Waals surface area contributed by atoms with Crippen molar-refractivity contribution < 1.29 is 27.8 Å². The van der Waals surface area contributed by atoms with Crippen LogP contribution in [-0.2, 0) is 15.7 Å². The van der Waals surface area contributed by atoms with E-state index in [1.807, 2.05) is 31.3 Å². The summed E-state index contributed by atoms with van der Waals surface area (Å²) in [5.74, 6) is -0.610. The summed E-state index contributed by atoms with van der Waals surface area (Å²) in [6.45, 7) is 6.66. The van der Waals surface area contributed by atoms with Crippen molar-refractivity contribution >= 4 is 28.5 Å². The fourth-order valence-corrected chi connectivity index (χ4v) is 6.46. The number of piperidine rings is 1. The largest absolute Gasteiger partial charge is 0.481 e. The molecule has 0 spiro atoms. The first-order valence-corrected chi connectivity index (χ1v) is 15.6. The van der Waals surface area contributed by atoms with Crippen molar-refractivity contribution in [1.82, 2.24) is 19.9 Å². The fraction of sp³-hybridized carbons (Fsp3) is 0.471. The first kappa shape index (κ1) is 31.8. The van der Waals surface area contributed by atoms with Gasteiger partial charge >= 0.3 is 12.1 Å². The van der Waals surface area contributed by atoms with Crippen molar-refractivity contribution in [3.63, 3.8) is 0 Å². The van der Waals surface area contributed by atoms with Gasteiger partial charge in [-0.25, -0.2) is 9.97 Å². The van der Waals surface area contributed by atoms with Crippen LogP contribution < -0.4 is 9.80 Å². The second kappa shape index (κ2) is 12.2. The highest BCUT2D eigenvalue weighted by Gasteiger charge is 2.39. The van der Waals surface area contributed by atoms with Crippen molar-refractivity contribution in [2.24, 2.45) is 11.3 Å². The Morgan fingerprint density at radius 3 is 2.37 bits per heavy atom. The summed E-state index contributed by atoms with van der Waals surface area (Å²) in [6.07, 6.45) is -0.392. The van der Waals surface area contributed by atoms with Gasteiger partial charge in [-0.15, -0.1) is 0 Å². The summed E-state index contributed by atoms with van der Waals surface area (Å²) >= 11 is 0. The van der Waals surface area contributed by atoms with Gasteiger partial charge in [0, 0.05) is 68.1 Å². The van der Waals surface area contributed by atoms with E-state index in [1.54, 1.807) is 13.2 Å². The Labute approximate surface area is 265 Å². The number of hydrogen-bond acceptors (Lipinski definition) is 7. The van der Waals surface area contributed by atoms with Crippen LogP contribution in [0.5, 0.6) is 0 Å². The number of carboxylic acid groups (broad SMARTS) is 1. The van der Waals surface area contributed by atoms with Crippen LogP contribution in [-0.4, -0.2) is 71.4 Å². The Morgan fingerprint density at radius 2 is 1.76 bits per heavy atom. The molecule has 1 saturated heterocycles. The summed E-state index contributed by atoms with van der Waals surface area (Å²) in [5.41, 5.74) is 3.47. The summed E-state index contributed by atoms with van der Waals surface area (Å²) in [6, 6.07) is 10.9. The van der Waals surface area contributed by atoms with Crippen molar-refractivity contribution in [3.8, 4) is 22.6 Å². The van der Waals surface area contributed by atoms with Gasteiger partial charge in [-0.2, -0.15) is 13.2 Å². The number of anilines is 2. The molecule has 2 N–H and O–H groups in total. The fourth-order valence-electron chi connectivity index (χ4n) is 6.46. The molecule has 0 amide bonds. The zero-order valence-electron chi connectivity index (χ0n) is 26.5. The predicted octanol–water partition coefficient (Wildman–Crippen LogP) is 6.99. The molecule has 2 aliphatic rings. The average molecular weight is 637 g/mol. The third-order valence-electron chi connectivity index (χ3n) is 8.89. The van der Waals surface area contributed by atoms with E-state index >= 15 is 0 Å². The number of aliphatic carboxylic acids is 1. The molecular formula is C34H39F3N6O3. The Bertz CT molecular complexity index is 1720.